The molecule has 0 aliphatic heterocycles. The molecule has 1 aliphatic rings. The van der Waals surface area contributed by atoms with Crippen LogP contribution in [0.5, 0.6) is 0 Å². The molecule has 0 bridgehead atoms. The van der Waals surface area contributed by atoms with Crippen molar-refractivity contribution in [3.63, 3.8) is 0 Å². The molecule has 1 saturated carbocycles. The maximum Gasteiger partial charge on any atom is 0.0510 e. The molecule has 3 heteroatoms. The molecule has 1 nitrogen and oxygen atoms in total. The third-order valence-electron chi connectivity index (χ3n) is 4.11. The van der Waals surface area contributed by atoms with E-state index in [1.54, 1.807) is 0 Å². The molecule has 2 unspecified atom stereocenters. The Hall–Kier alpha value is -0.0200. The van der Waals surface area contributed by atoms with Crippen LogP contribution in [0.4, 0.5) is 5.69 Å². The molecule has 0 saturated heterocycles. The van der Waals surface area contributed by atoms with Gasteiger partial charge in [0.2, 0.25) is 0 Å². The third-order valence-corrected chi connectivity index (χ3v) is 5.39. The van der Waals surface area contributed by atoms with E-state index in [9.17, 15) is 0 Å². The Labute approximate surface area is 127 Å². The van der Waals surface area contributed by atoms with E-state index < -0.39 is 0 Å². The molecule has 100 valence electrons. The van der Waals surface area contributed by atoms with E-state index in [0.29, 0.717) is 6.04 Å². The summed E-state index contributed by atoms with van der Waals surface area (Å²) in [6, 6.07) is 7.35. The molecule has 0 amide bonds. The first kappa shape index (κ1) is 14.4. The zero-order chi connectivity index (χ0) is 13.1. The van der Waals surface area contributed by atoms with Gasteiger partial charge >= 0.3 is 0 Å². The highest BCUT2D eigenvalue weighted by atomic mass is 79.9. The predicted molar refractivity (Wildman–Crippen MR) is 86.6 cm³/mol. The molecule has 0 aromatic heterocycles. The maximum atomic E-state index is 3.71. The smallest absolute Gasteiger partial charge is 0.0510 e. The van der Waals surface area contributed by atoms with Gasteiger partial charge in [0.1, 0.15) is 0 Å². The highest BCUT2D eigenvalue weighted by Gasteiger charge is 2.25. The van der Waals surface area contributed by atoms with E-state index in [2.05, 4.69) is 68.9 Å². The van der Waals surface area contributed by atoms with Crippen LogP contribution >= 0.6 is 31.9 Å². The summed E-state index contributed by atoms with van der Waals surface area (Å²) in [5.74, 6) is 0.798. The summed E-state index contributed by atoms with van der Waals surface area (Å²) in [4.78, 5) is 2.46. The highest BCUT2D eigenvalue weighted by molar-refractivity contribution is 9.10. The maximum absolute atomic E-state index is 3.71. The number of hydrogen-bond donors (Lipinski definition) is 0. The number of alkyl halides is 1. The molecule has 1 aliphatic carbocycles. The lowest BCUT2D eigenvalue weighted by atomic mass is 9.85. The average Bonchev–Trinajstić information content (AvgIpc) is 2.38. The fraction of sp³-hybridized carbons (Fsp3) is 0.600. The van der Waals surface area contributed by atoms with Crippen LogP contribution in [-0.2, 0) is 5.33 Å². The summed E-state index contributed by atoms with van der Waals surface area (Å²) in [5, 5.41) is 0.912. The van der Waals surface area contributed by atoms with Gasteiger partial charge in [-0.2, -0.15) is 0 Å². The molecule has 0 spiro atoms. The van der Waals surface area contributed by atoms with Crippen molar-refractivity contribution < 1.29 is 0 Å². The average molecular weight is 375 g/mol. The van der Waals surface area contributed by atoms with Gasteiger partial charge in [-0.25, -0.2) is 0 Å². The van der Waals surface area contributed by atoms with E-state index in [-0.39, 0.29) is 0 Å². The summed E-state index contributed by atoms with van der Waals surface area (Å²) < 4.78 is 1.21. The minimum atomic E-state index is 0.685. The molecular formula is C15H21Br2N. The normalized spacial score (nSPS) is 24.0. The molecule has 1 aromatic carbocycles. The first-order valence-corrected chi connectivity index (χ1v) is 8.62. The quantitative estimate of drug-likeness (QED) is 0.643. The van der Waals surface area contributed by atoms with Crippen molar-refractivity contribution in [2.45, 2.75) is 44.0 Å². The molecule has 2 rings (SSSR count). The van der Waals surface area contributed by atoms with E-state index in [1.165, 1.54) is 41.4 Å². The zero-order valence-electron chi connectivity index (χ0n) is 11.1. The first-order valence-electron chi connectivity index (χ1n) is 6.70. The summed E-state index contributed by atoms with van der Waals surface area (Å²) in [6.45, 7) is 2.39. The van der Waals surface area contributed by atoms with Gasteiger partial charge in [-0.15, -0.1) is 0 Å². The van der Waals surface area contributed by atoms with Gasteiger partial charge in [0, 0.05) is 22.9 Å². The molecule has 0 heterocycles. The number of rotatable bonds is 3. The summed E-state index contributed by atoms with van der Waals surface area (Å²) >= 11 is 7.22. The second-order valence-corrected chi connectivity index (χ2v) is 6.77. The van der Waals surface area contributed by atoms with Crippen molar-refractivity contribution in [3.05, 3.63) is 28.2 Å². The fourth-order valence-electron chi connectivity index (χ4n) is 2.97. The van der Waals surface area contributed by atoms with Gasteiger partial charge in [0.25, 0.3) is 0 Å². The van der Waals surface area contributed by atoms with Crippen molar-refractivity contribution in [1.82, 2.24) is 0 Å². The molecular weight excluding hydrogens is 354 g/mol. The van der Waals surface area contributed by atoms with E-state index in [4.69, 9.17) is 0 Å². The largest absolute Gasteiger partial charge is 0.370 e. The zero-order valence-corrected chi connectivity index (χ0v) is 14.3. The van der Waals surface area contributed by atoms with Crippen LogP contribution in [0.2, 0.25) is 0 Å². The number of hydrogen-bond acceptors (Lipinski definition) is 1. The van der Waals surface area contributed by atoms with Crippen LogP contribution in [-0.4, -0.2) is 13.1 Å². The number of benzene rings is 1. The van der Waals surface area contributed by atoms with Crippen LogP contribution in [0.15, 0.2) is 22.7 Å². The second kappa shape index (κ2) is 6.42. The first-order chi connectivity index (χ1) is 8.63. The number of nitrogens with zero attached hydrogens (tertiary/aromatic N) is 1. The minimum Gasteiger partial charge on any atom is -0.370 e. The van der Waals surface area contributed by atoms with Gasteiger partial charge in [-0.1, -0.05) is 41.8 Å². The molecule has 0 N–H and O–H groups in total. The Morgan fingerprint density at radius 1 is 1.28 bits per heavy atom. The van der Waals surface area contributed by atoms with Gasteiger partial charge in [0.05, 0.1) is 5.69 Å². The predicted octanol–water partition coefficient (Wildman–Crippen LogP) is 5.36. The molecule has 1 aromatic rings. The van der Waals surface area contributed by atoms with Crippen LogP contribution in [0.1, 0.15) is 38.2 Å². The van der Waals surface area contributed by atoms with Crippen LogP contribution in [0, 0.1) is 5.92 Å². The van der Waals surface area contributed by atoms with Gasteiger partial charge in [-0.05, 0) is 52.4 Å². The Bertz CT molecular complexity index is 405. The molecule has 18 heavy (non-hydrogen) atoms. The Morgan fingerprint density at radius 2 is 2.00 bits per heavy atom. The van der Waals surface area contributed by atoms with Crippen molar-refractivity contribution in [3.8, 4) is 0 Å². The van der Waals surface area contributed by atoms with Gasteiger partial charge in [0.15, 0.2) is 0 Å². The standard InChI is InChI=1S/C15H21Br2N/c1-11-5-3-4-6-14(11)18(2)15-8-7-12(10-16)9-13(15)17/h7-9,11,14H,3-6,10H2,1-2H3. The molecule has 0 radical (unpaired) electrons. The van der Waals surface area contributed by atoms with Crippen LogP contribution < -0.4 is 4.90 Å². The van der Waals surface area contributed by atoms with Gasteiger partial charge in [-0.3, -0.25) is 0 Å². The van der Waals surface area contributed by atoms with E-state index >= 15 is 0 Å². The molecule has 2 atom stereocenters. The minimum absolute atomic E-state index is 0.685. The van der Waals surface area contributed by atoms with Crippen molar-refractivity contribution in [2.24, 2.45) is 5.92 Å². The van der Waals surface area contributed by atoms with Gasteiger partial charge < -0.3 is 4.90 Å². The number of anilines is 1. The van der Waals surface area contributed by atoms with E-state index in [0.717, 1.165) is 11.2 Å². The Morgan fingerprint density at radius 3 is 2.61 bits per heavy atom. The van der Waals surface area contributed by atoms with Crippen LogP contribution in [0.3, 0.4) is 0 Å². The Kier molecular flexibility index (Phi) is 5.14. The van der Waals surface area contributed by atoms with Crippen LogP contribution in [0.25, 0.3) is 0 Å². The monoisotopic (exact) mass is 373 g/mol. The highest BCUT2D eigenvalue weighted by Crippen LogP contribution is 2.34. The number of halogens is 2. The third kappa shape index (κ3) is 3.11. The topological polar surface area (TPSA) is 3.24 Å². The molecule has 1 fully saturated rings. The van der Waals surface area contributed by atoms with Crippen molar-refractivity contribution >= 4 is 37.5 Å². The summed E-state index contributed by atoms with van der Waals surface area (Å²) in [6.07, 6.45) is 5.46. The SMILES string of the molecule is CC1CCCCC1N(C)c1ccc(CBr)cc1Br. The lowest BCUT2D eigenvalue weighted by Gasteiger charge is -2.38. The summed E-state index contributed by atoms with van der Waals surface area (Å²) in [7, 11) is 2.24. The second-order valence-electron chi connectivity index (χ2n) is 5.36. The van der Waals surface area contributed by atoms with Crippen molar-refractivity contribution in [2.75, 3.05) is 11.9 Å². The van der Waals surface area contributed by atoms with Crippen molar-refractivity contribution in [1.29, 1.82) is 0 Å². The lowest BCUT2D eigenvalue weighted by molar-refractivity contribution is 0.321. The van der Waals surface area contributed by atoms with E-state index in [1.807, 2.05) is 0 Å². The fourth-order valence-corrected chi connectivity index (χ4v) is 4.02. The Balaban J connectivity index is 2.19. The lowest BCUT2D eigenvalue weighted by Crippen LogP contribution is -2.39. The summed E-state index contributed by atoms with van der Waals surface area (Å²) in [5.41, 5.74) is 2.63.